The Morgan fingerprint density at radius 3 is 3.00 bits per heavy atom. The van der Waals surface area contributed by atoms with Crippen molar-refractivity contribution in [1.29, 1.82) is 0 Å². The van der Waals surface area contributed by atoms with Gasteiger partial charge in [0.25, 0.3) is 0 Å². The molecule has 90 valence electrons. The van der Waals surface area contributed by atoms with Gasteiger partial charge in [-0.25, -0.2) is 9.78 Å². The molecule has 0 aliphatic carbocycles. The Kier molecular flexibility index (Phi) is 3.27. The molecule has 0 aliphatic heterocycles. The Morgan fingerprint density at radius 1 is 1.47 bits per heavy atom. The number of anilines is 1. The number of carbonyl (C=O) groups excluding carboxylic acids is 1. The summed E-state index contributed by atoms with van der Waals surface area (Å²) < 4.78 is 10.3. The van der Waals surface area contributed by atoms with Crippen molar-refractivity contribution in [2.45, 2.75) is 20.3 Å². The molecule has 0 fully saturated rings. The van der Waals surface area contributed by atoms with Gasteiger partial charge in [-0.05, 0) is 25.1 Å². The van der Waals surface area contributed by atoms with Crippen LogP contribution in [0.2, 0.25) is 0 Å². The lowest BCUT2D eigenvalue weighted by atomic mass is 10.3. The number of benzene rings is 1. The number of ether oxygens (including phenoxy) is 1. The second-order valence-corrected chi connectivity index (χ2v) is 3.49. The van der Waals surface area contributed by atoms with E-state index in [-0.39, 0.29) is 0 Å². The molecule has 5 heteroatoms. The lowest BCUT2D eigenvalue weighted by Gasteiger charge is -2.03. The third-order valence-electron chi connectivity index (χ3n) is 2.26. The van der Waals surface area contributed by atoms with Crippen molar-refractivity contribution >= 4 is 22.9 Å². The number of fused-ring (bicyclic) bond motifs is 1. The molecular weight excluding hydrogens is 220 g/mol. The highest BCUT2D eigenvalue weighted by molar-refractivity contribution is 5.88. The lowest BCUT2D eigenvalue weighted by Crippen LogP contribution is -2.13. The number of aromatic nitrogens is 1. The molecule has 1 heterocycles. The van der Waals surface area contributed by atoms with E-state index in [2.05, 4.69) is 10.3 Å². The Hall–Kier alpha value is -2.04. The monoisotopic (exact) mass is 234 g/mol. The van der Waals surface area contributed by atoms with Gasteiger partial charge in [0.1, 0.15) is 5.52 Å². The van der Waals surface area contributed by atoms with Crippen LogP contribution in [0.1, 0.15) is 19.7 Å². The normalized spacial score (nSPS) is 10.5. The van der Waals surface area contributed by atoms with E-state index < -0.39 is 6.09 Å². The average Bonchev–Trinajstić information content (AvgIpc) is 2.71. The summed E-state index contributed by atoms with van der Waals surface area (Å²) in [5.41, 5.74) is 2.10. The maximum atomic E-state index is 11.2. The number of carbonyl (C=O) groups is 1. The van der Waals surface area contributed by atoms with Crippen LogP contribution < -0.4 is 5.32 Å². The predicted octanol–water partition coefficient (Wildman–Crippen LogP) is 2.96. The van der Waals surface area contributed by atoms with Crippen LogP contribution in [0.4, 0.5) is 10.5 Å². The fraction of sp³-hybridized carbons (Fsp3) is 0.333. The van der Waals surface area contributed by atoms with Crippen LogP contribution in [0.25, 0.3) is 11.1 Å². The van der Waals surface area contributed by atoms with Gasteiger partial charge in [-0.3, -0.25) is 5.32 Å². The summed E-state index contributed by atoms with van der Waals surface area (Å²) in [6.45, 7) is 4.08. The average molecular weight is 234 g/mol. The van der Waals surface area contributed by atoms with Crippen LogP contribution in [-0.2, 0) is 11.2 Å². The number of oxazole rings is 1. The summed E-state index contributed by atoms with van der Waals surface area (Å²) in [4.78, 5) is 15.5. The molecule has 1 aromatic heterocycles. The molecule has 0 atom stereocenters. The van der Waals surface area contributed by atoms with Gasteiger partial charge in [-0.1, -0.05) is 6.92 Å². The van der Waals surface area contributed by atoms with Crippen molar-refractivity contribution in [3.63, 3.8) is 0 Å². The topological polar surface area (TPSA) is 64.4 Å². The number of hydrogen-bond acceptors (Lipinski definition) is 4. The molecule has 0 bridgehead atoms. The van der Waals surface area contributed by atoms with E-state index in [1.165, 1.54) is 0 Å². The number of nitrogens with zero attached hydrogens (tertiary/aromatic N) is 1. The summed E-state index contributed by atoms with van der Waals surface area (Å²) in [5.74, 6) is 0.688. The molecule has 0 saturated heterocycles. The quantitative estimate of drug-likeness (QED) is 0.886. The largest absolute Gasteiger partial charge is 0.450 e. The first-order valence-electron chi connectivity index (χ1n) is 5.56. The van der Waals surface area contributed by atoms with Gasteiger partial charge in [0, 0.05) is 12.1 Å². The number of rotatable bonds is 3. The molecule has 17 heavy (non-hydrogen) atoms. The molecule has 0 unspecified atom stereocenters. The molecule has 0 saturated carbocycles. The minimum absolute atomic E-state index is 0.345. The standard InChI is InChI=1S/C12H14N2O3/c1-3-11-14-9-7-8(5-6-10(9)17-11)13-12(15)16-4-2/h5-7H,3-4H2,1-2H3,(H,13,15). The van der Waals surface area contributed by atoms with Gasteiger partial charge in [-0.2, -0.15) is 0 Å². The fourth-order valence-electron chi connectivity index (χ4n) is 1.49. The molecule has 1 amide bonds. The molecule has 2 rings (SSSR count). The summed E-state index contributed by atoms with van der Waals surface area (Å²) in [7, 11) is 0. The zero-order chi connectivity index (χ0) is 12.3. The van der Waals surface area contributed by atoms with Crippen molar-refractivity contribution in [2.75, 3.05) is 11.9 Å². The predicted molar refractivity (Wildman–Crippen MR) is 64.0 cm³/mol. The second-order valence-electron chi connectivity index (χ2n) is 3.49. The van der Waals surface area contributed by atoms with E-state index in [1.807, 2.05) is 6.92 Å². The maximum absolute atomic E-state index is 11.2. The van der Waals surface area contributed by atoms with Crippen molar-refractivity contribution in [3.8, 4) is 0 Å². The van der Waals surface area contributed by atoms with Gasteiger partial charge < -0.3 is 9.15 Å². The number of aryl methyl sites for hydroxylation is 1. The zero-order valence-electron chi connectivity index (χ0n) is 9.82. The summed E-state index contributed by atoms with van der Waals surface area (Å²) in [5, 5.41) is 2.62. The van der Waals surface area contributed by atoms with Crippen LogP contribution >= 0.6 is 0 Å². The molecule has 0 radical (unpaired) electrons. The van der Waals surface area contributed by atoms with Crippen molar-refractivity contribution in [2.24, 2.45) is 0 Å². The van der Waals surface area contributed by atoms with E-state index in [1.54, 1.807) is 25.1 Å². The van der Waals surface area contributed by atoms with Crippen molar-refractivity contribution < 1.29 is 13.9 Å². The molecule has 1 aromatic carbocycles. The van der Waals surface area contributed by atoms with E-state index in [0.29, 0.717) is 18.2 Å². The van der Waals surface area contributed by atoms with Crippen LogP contribution in [0.5, 0.6) is 0 Å². The van der Waals surface area contributed by atoms with E-state index >= 15 is 0 Å². The molecular formula is C12H14N2O3. The summed E-state index contributed by atoms with van der Waals surface area (Å²) in [6, 6.07) is 5.29. The van der Waals surface area contributed by atoms with Gasteiger partial charge in [0.05, 0.1) is 6.61 Å². The first-order valence-corrected chi connectivity index (χ1v) is 5.56. The van der Waals surface area contributed by atoms with E-state index in [9.17, 15) is 4.79 Å². The van der Waals surface area contributed by atoms with E-state index in [0.717, 1.165) is 17.5 Å². The summed E-state index contributed by atoms with van der Waals surface area (Å²) >= 11 is 0. The minimum atomic E-state index is -0.467. The number of nitrogens with one attached hydrogen (secondary N) is 1. The van der Waals surface area contributed by atoms with Gasteiger partial charge in [0.2, 0.25) is 0 Å². The van der Waals surface area contributed by atoms with Crippen molar-refractivity contribution in [1.82, 2.24) is 4.98 Å². The Labute approximate surface area is 98.8 Å². The van der Waals surface area contributed by atoms with Crippen LogP contribution in [0, 0.1) is 0 Å². The SMILES string of the molecule is CCOC(=O)Nc1ccc2oc(CC)nc2c1. The van der Waals surface area contributed by atoms with Crippen LogP contribution in [-0.4, -0.2) is 17.7 Å². The second kappa shape index (κ2) is 4.86. The van der Waals surface area contributed by atoms with E-state index in [4.69, 9.17) is 9.15 Å². The van der Waals surface area contributed by atoms with Gasteiger partial charge in [-0.15, -0.1) is 0 Å². The zero-order valence-corrected chi connectivity index (χ0v) is 9.82. The molecule has 1 N–H and O–H groups in total. The highest BCUT2D eigenvalue weighted by atomic mass is 16.5. The first-order chi connectivity index (χ1) is 8.22. The lowest BCUT2D eigenvalue weighted by molar-refractivity contribution is 0.168. The molecule has 0 aliphatic rings. The number of amides is 1. The molecule has 2 aromatic rings. The molecule has 5 nitrogen and oxygen atoms in total. The number of hydrogen-bond donors (Lipinski definition) is 1. The Bertz CT molecular complexity index is 534. The van der Waals surface area contributed by atoms with Crippen LogP contribution in [0.15, 0.2) is 22.6 Å². The van der Waals surface area contributed by atoms with Crippen LogP contribution in [0.3, 0.4) is 0 Å². The Morgan fingerprint density at radius 2 is 2.29 bits per heavy atom. The van der Waals surface area contributed by atoms with Gasteiger partial charge >= 0.3 is 6.09 Å². The minimum Gasteiger partial charge on any atom is -0.450 e. The highest BCUT2D eigenvalue weighted by Gasteiger charge is 2.07. The smallest absolute Gasteiger partial charge is 0.411 e. The third-order valence-corrected chi connectivity index (χ3v) is 2.26. The first kappa shape index (κ1) is 11.4. The molecule has 0 spiro atoms. The Balaban J connectivity index is 2.21. The van der Waals surface area contributed by atoms with Crippen molar-refractivity contribution in [3.05, 3.63) is 24.1 Å². The van der Waals surface area contributed by atoms with Gasteiger partial charge in [0.15, 0.2) is 11.5 Å². The fourth-order valence-corrected chi connectivity index (χ4v) is 1.49. The highest BCUT2D eigenvalue weighted by Crippen LogP contribution is 2.20. The summed E-state index contributed by atoms with van der Waals surface area (Å²) in [6.07, 6.45) is 0.279. The maximum Gasteiger partial charge on any atom is 0.411 e. The third kappa shape index (κ3) is 2.55.